The lowest BCUT2D eigenvalue weighted by molar-refractivity contribution is 0.0918. The Kier molecular flexibility index (Phi) is 4.77. The highest BCUT2D eigenvalue weighted by atomic mass is 32.1. The minimum absolute atomic E-state index is 0.248. The molecule has 1 aliphatic rings. The van der Waals surface area contributed by atoms with Gasteiger partial charge in [0, 0.05) is 16.7 Å². The summed E-state index contributed by atoms with van der Waals surface area (Å²) in [6.45, 7) is 0.669. The molecule has 146 valence electrons. The maximum absolute atomic E-state index is 12.4. The first-order valence-corrected chi connectivity index (χ1v) is 10.6. The van der Waals surface area contributed by atoms with Crippen LogP contribution in [0.3, 0.4) is 0 Å². The number of nitrogens with zero attached hydrogens (tertiary/aromatic N) is 1. The van der Waals surface area contributed by atoms with Crippen molar-refractivity contribution in [3.63, 3.8) is 0 Å². The lowest BCUT2D eigenvalue weighted by atomic mass is 10.1. The maximum atomic E-state index is 12.4. The van der Waals surface area contributed by atoms with Gasteiger partial charge < -0.3 is 14.5 Å². The van der Waals surface area contributed by atoms with Crippen LogP contribution >= 0.6 is 11.3 Å². The molecular weight excluding hydrogens is 384 g/mol. The Morgan fingerprint density at radius 2 is 2.00 bits per heavy atom. The number of aromatic nitrogens is 1. The molecular formula is C23H20N2O3S. The second-order valence-electron chi connectivity index (χ2n) is 7.17. The molecule has 0 aliphatic heterocycles. The maximum Gasteiger partial charge on any atom is 0.287 e. The largest absolute Gasteiger partial charge is 0.485 e. The fourth-order valence-electron chi connectivity index (χ4n) is 3.23. The van der Waals surface area contributed by atoms with Crippen molar-refractivity contribution in [3.8, 4) is 5.75 Å². The smallest absolute Gasteiger partial charge is 0.287 e. The van der Waals surface area contributed by atoms with Crippen LogP contribution in [0.4, 0.5) is 0 Å². The molecule has 1 N–H and O–H groups in total. The van der Waals surface area contributed by atoms with E-state index in [0.717, 1.165) is 22.2 Å². The van der Waals surface area contributed by atoms with Gasteiger partial charge in [-0.3, -0.25) is 4.79 Å². The summed E-state index contributed by atoms with van der Waals surface area (Å²) >= 11 is 1.67. The van der Waals surface area contributed by atoms with Gasteiger partial charge in [-0.15, -0.1) is 11.3 Å². The van der Waals surface area contributed by atoms with E-state index in [-0.39, 0.29) is 18.3 Å². The van der Waals surface area contributed by atoms with Gasteiger partial charge in [-0.1, -0.05) is 36.4 Å². The third kappa shape index (κ3) is 4.03. The zero-order valence-corrected chi connectivity index (χ0v) is 16.6. The number of furan rings is 1. The molecule has 1 fully saturated rings. The van der Waals surface area contributed by atoms with Crippen molar-refractivity contribution in [1.82, 2.24) is 10.3 Å². The molecule has 0 atom stereocenters. The van der Waals surface area contributed by atoms with Crippen molar-refractivity contribution < 1.29 is 13.9 Å². The molecule has 0 radical (unpaired) electrons. The van der Waals surface area contributed by atoms with E-state index < -0.39 is 0 Å². The molecule has 5 rings (SSSR count). The number of thiazole rings is 1. The number of nitrogens with one attached hydrogen (secondary N) is 1. The number of fused-ring (bicyclic) bond motifs is 1. The number of amides is 1. The predicted octanol–water partition coefficient (Wildman–Crippen LogP) is 5.28. The van der Waals surface area contributed by atoms with Crippen molar-refractivity contribution in [1.29, 1.82) is 0 Å². The minimum atomic E-state index is -0.248. The van der Waals surface area contributed by atoms with E-state index in [1.165, 1.54) is 17.8 Å². The van der Waals surface area contributed by atoms with E-state index in [0.29, 0.717) is 18.2 Å². The van der Waals surface area contributed by atoms with Crippen LogP contribution in [0, 0.1) is 0 Å². The third-order valence-corrected chi connectivity index (χ3v) is 5.99. The van der Waals surface area contributed by atoms with Crippen molar-refractivity contribution >= 4 is 28.0 Å². The molecule has 0 saturated heterocycles. The number of carbonyl (C=O) groups excluding carboxylic acids is 1. The summed E-state index contributed by atoms with van der Waals surface area (Å²) in [7, 11) is 0. The monoisotopic (exact) mass is 404 g/mol. The molecule has 1 aliphatic carbocycles. The first-order chi connectivity index (χ1) is 14.3. The molecule has 29 heavy (non-hydrogen) atoms. The predicted molar refractivity (Wildman–Crippen MR) is 112 cm³/mol. The molecule has 4 aromatic rings. The summed E-state index contributed by atoms with van der Waals surface area (Å²) in [4.78, 5) is 16.9. The highest BCUT2D eigenvalue weighted by molar-refractivity contribution is 7.09. The highest BCUT2D eigenvalue weighted by Gasteiger charge is 2.26. The van der Waals surface area contributed by atoms with Crippen LogP contribution in [0.5, 0.6) is 5.75 Å². The molecule has 0 bridgehead atoms. The van der Waals surface area contributed by atoms with Gasteiger partial charge in [0.2, 0.25) is 0 Å². The van der Waals surface area contributed by atoms with E-state index in [2.05, 4.69) is 10.3 Å². The molecule has 0 unspecified atom stereocenters. The number of benzene rings is 2. The normalized spacial score (nSPS) is 13.5. The minimum Gasteiger partial charge on any atom is -0.485 e. The van der Waals surface area contributed by atoms with Gasteiger partial charge >= 0.3 is 0 Å². The Morgan fingerprint density at radius 3 is 2.90 bits per heavy atom. The molecule has 1 saturated carbocycles. The van der Waals surface area contributed by atoms with Crippen LogP contribution < -0.4 is 10.1 Å². The van der Waals surface area contributed by atoms with Crippen molar-refractivity contribution in [2.45, 2.75) is 31.9 Å². The van der Waals surface area contributed by atoms with E-state index in [1.54, 1.807) is 23.5 Å². The summed E-state index contributed by atoms with van der Waals surface area (Å²) in [5, 5.41) is 8.24. The average Bonchev–Trinajstić information content (AvgIpc) is 3.31. The fourth-order valence-corrected chi connectivity index (χ4v) is 4.22. The standard InChI is InChI=1S/C23H20N2O3S/c26-22(24-12-17-14-29-23(25-17)16-8-9-16)21-11-10-18(28-21)13-27-20-7-3-5-15-4-1-2-6-19(15)20/h1-7,10-11,14,16H,8-9,12-13H2,(H,24,26). The topological polar surface area (TPSA) is 64.4 Å². The summed E-state index contributed by atoms with van der Waals surface area (Å²) < 4.78 is 11.6. The zero-order chi connectivity index (χ0) is 19.6. The Balaban J connectivity index is 1.19. The number of rotatable bonds is 7. The van der Waals surface area contributed by atoms with E-state index in [4.69, 9.17) is 9.15 Å². The quantitative estimate of drug-likeness (QED) is 0.455. The molecule has 1 amide bonds. The van der Waals surface area contributed by atoms with E-state index in [9.17, 15) is 4.79 Å². The van der Waals surface area contributed by atoms with Crippen molar-refractivity contribution in [2.24, 2.45) is 0 Å². The summed E-state index contributed by atoms with van der Waals surface area (Å²) in [5.74, 6) is 2.06. The summed E-state index contributed by atoms with van der Waals surface area (Å²) in [6, 6.07) is 17.5. The second-order valence-corrected chi connectivity index (χ2v) is 8.06. The van der Waals surface area contributed by atoms with Crippen LogP contribution in [0.1, 0.15) is 45.8 Å². The highest BCUT2D eigenvalue weighted by Crippen LogP contribution is 2.41. The number of hydrogen-bond acceptors (Lipinski definition) is 5. The van der Waals surface area contributed by atoms with Crippen LogP contribution in [-0.2, 0) is 13.2 Å². The van der Waals surface area contributed by atoms with Gasteiger partial charge in [0.15, 0.2) is 5.76 Å². The Bertz CT molecular complexity index is 1150. The van der Waals surface area contributed by atoms with E-state index >= 15 is 0 Å². The van der Waals surface area contributed by atoms with E-state index in [1.807, 2.05) is 47.8 Å². The molecule has 0 spiro atoms. The Morgan fingerprint density at radius 1 is 1.14 bits per heavy atom. The number of carbonyl (C=O) groups is 1. The van der Waals surface area contributed by atoms with Crippen molar-refractivity contribution in [3.05, 3.63) is 82.2 Å². The molecule has 2 aromatic heterocycles. The Hall–Kier alpha value is -3.12. The molecule has 2 aromatic carbocycles. The van der Waals surface area contributed by atoms with Gasteiger partial charge in [0.05, 0.1) is 17.2 Å². The van der Waals surface area contributed by atoms with Crippen molar-refractivity contribution in [2.75, 3.05) is 0 Å². The lowest BCUT2D eigenvalue weighted by Gasteiger charge is -2.08. The van der Waals surface area contributed by atoms with Gasteiger partial charge in [0.25, 0.3) is 5.91 Å². The number of ether oxygens (including phenoxy) is 1. The van der Waals surface area contributed by atoms with Crippen LogP contribution in [-0.4, -0.2) is 10.9 Å². The Labute approximate surface area is 172 Å². The fraction of sp³-hybridized carbons (Fsp3) is 0.217. The van der Waals surface area contributed by atoms with Gasteiger partial charge in [-0.25, -0.2) is 4.98 Å². The second kappa shape index (κ2) is 7.72. The van der Waals surface area contributed by atoms with Gasteiger partial charge in [0.1, 0.15) is 18.1 Å². The van der Waals surface area contributed by atoms with Crippen LogP contribution in [0.2, 0.25) is 0 Å². The summed E-state index contributed by atoms with van der Waals surface area (Å²) in [5.41, 5.74) is 0.899. The zero-order valence-electron chi connectivity index (χ0n) is 15.8. The summed E-state index contributed by atoms with van der Waals surface area (Å²) in [6.07, 6.45) is 2.46. The van der Waals surface area contributed by atoms with Crippen LogP contribution in [0.15, 0.2) is 64.4 Å². The first kappa shape index (κ1) is 17.9. The molecule has 5 nitrogen and oxygen atoms in total. The average molecular weight is 404 g/mol. The number of hydrogen-bond donors (Lipinski definition) is 1. The van der Waals surface area contributed by atoms with Crippen LogP contribution in [0.25, 0.3) is 10.8 Å². The third-order valence-electron chi connectivity index (χ3n) is 4.93. The first-order valence-electron chi connectivity index (χ1n) is 9.68. The van der Waals surface area contributed by atoms with Gasteiger partial charge in [-0.2, -0.15) is 0 Å². The van der Waals surface area contributed by atoms with Gasteiger partial charge in [-0.05, 0) is 36.4 Å². The SMILES string of the molecule is O=C(NCc1csc(C2CC2)n1)c1ccc(COc2cccc3ccccc23)o1. The molecule has 6 heteroatoms. The lowest BCUT2D eigenvalue weighted by Crippen LogP contribution is -2.22. The molecule has 2 heterocycles.